The number of urea groups is 1. The topological polar surface area (TPSA) is 98.1 Å². The normalized spacial score (nSPS) is 15.7. The molecule has 8 nitrogen and oxygen atoms in total. The Morgan fingerprint density at radius 1 is 1.10 bits per heavy atom. The molecular weight excluding hydrogens is 512 g/mol. The number of hydrogen-bond acceptors (Lipinski definition) is 6. The molecule has 0 spiro atoms. The van der Waals surface area contributed by atoms with Crippen LogP contribution in [0.3, 0.4) is 0 Å². The van der Waals surface area contributed by atoms with Crippen LogP contribution in [0, 0.1) is 0 Å². The molecule has 2 aromatic rings. The van der Waals surface area contributed by atoms with E-state index in [-0.39, 0.29) is 22.8 Å². The first-order valence-electron chi connectivity index (χ1n) is 8.61. The predicted molar refractivity (Wildman–Crippen MR) is 112 cm³/mol. The molecule has 1 aliphatic heterocycles. The van der Waals surface area contributed by atoms with Crippen molar-refractivity contribution in [1.82, 2.24) is 5.32 Å². The van der Waals surface area contributed by atoms with Crippen LogP contribution in [0.2, 0.25) is 0 Å². The Balaban J connectivity index is 2.03. The number of hydrogen-bond donors (Lipinski definition) is 1. The van der Waals surface area contributed by atoms with E-state index in [1.165, 1.54) is 12.1 Å². The molecule has 1 N–H and O–H groups in total. The second kappa shape index (κ2) is 8.83. The zero-order valence-corrected chi connectivity index (χ0v) is 18.6. The van der Waals surface area contributed by atoms with Crippen molar-refractivity contribution in [3.63, 3.8) is 0 Å². The first-order valence-corrected chi connectivity index (χ1v) is 10.2. The van der Waals surface area contributed by atoms with Crippen LogP contribution in [-0.4, -0.2) is 31.1 Å². The quantitative estimate of drug-likeness (QED) is 0.445. The fourth-order valence-electron chi connectivity index (χ4n) is 2.66. The third kappa shape index (κ3) is 4.38. The Hall–Kier alpha value is -2.59. The van der Waals surface area contributed by atoms with E-state index in [0.717, 1.165) is 4.90 Å². The van der Waals surface area contributed by atoms with Crippen LogP contribution in [0.25, 0.3) is 6.08 Å². The van der Waals surface area contributed by atoms with Gasteiger partial charge in [0.25, 0.3) is 11.8 Å². The maximum atomic E-state index is 13.0. The summed E-state index contributed by atoms with van der Waals surface area (Å²) in [5.41, 5.74) is -0.0623. The number of rotatable bonds is 6. The molecule has 4 amide bonds. The number of furan rings is 1. The van der Waals surface area contributed by atoms with Crippen LogP contribution >= 0.6 is 31.9 Å². The van der Waals surface area contributed by atoms with Gasteiger partial charge in [-0.3, -0.25) is 14.9 Å². The van der Waals surface area contributed by atoms with Gasteiger partial charge in [-0.25, -0.2) is 9.69 Å². The Morgan fingerprint density at radius 3 is 2.45 bits per heavy atom. The van der Waals surface area contributed by atoms with Crippen molar-refractivity contribution < 1.29 is 28.3 Å². The van der Waals surface area contributed by atoms with Crippen molar-refractivity contribution in [2.24, 2.45) is 0 Å². The summed E-state index contributed by atoms with van der Waals surface area (Å²) >= 11 is 6.46. The van der Waals surface area contributed by atoms with Gasteiger partial charge in [0.1, 0.15) is 22.8 Å². The molecule has 1 aromatic heterocycles. The van der Waals surface area contributed by atoms with Gasteiger partial charge >= 0.3 is 6.03 Å². The number of imide groups is 2. The van der Waals surface area contributed by atoms with Gasteiger partial charge in [0.05, 0.1) is 23.4 Å². The summed E-state index contributed by atoms with van der Waals surface area (Å²) < 4.78 is 17.5. The SMILES string of the molecule is CCOc1ccc(N2C(=O)NC(=O)/C(=C\c3cc(Br)c(Br)o3)C2=O)c(OCC)c1. The van der Waals surface area contributed by atoms with Gasteiger partial charge in [-0.2, -0.15) is 0 Å². The molecule has 0 atom stereocenters. The Morgan fingerprint density at radius 2 is 1.83 bits per heavy atom. The third-order valence-corrected chi connectivity index (χ3v) is 5.55. The van der Waals surface area contributed by atoms with Gasteiger partial charge < -0.3 is 13.9 Å². The number of barbiturate groups is 1. The fourth-order valence-corrected chi connectivity index (χ4v) is 3.27. The maximum Gasteiger partial charge on any atom is 0.336 e. The van der Waals surface area contributed by atoms with Crippen LogP contribution in [0.1, 0.15) is 19.6 Å². The summed E-state index contributed by atoms with van der Waals surface area (Å²) in [5.74, 6) is -0.551. The molecular formula is C19H16Br2N2O6. The molecule has 152 valence electrons. The second-order valence-electron chi connectivity index (χ2n) is 5.72. The molecule has 1 aliphatic rings. The van der Waals surface area contributed by atoms with Crippen molar-refractivity contribution in [2.45, 2.75) is 13.8 Å². The molecule has 0 unspecified atom stereocenters. The summed E-state index contributed by atoms with van der Waals surface area (Å²) in [5, 5.41) is 2.17. The van der Waals surface area contributed by atoms with Gasteiger partial charge in [-0.15, -0.1) is 0 Å². The lowest BCUT2D eigenvalue weighted by atomic mass is 10.1. The third-order valence-electron chi connectivity index (χ3n) is 3.84. The van der Waals surface area contributed by atoms with Gasteiger partial charge in [0.15, 0.2) is 4.67 Å². The summed E-state index contributed by atoms with van der Waals surface area (Å²) in [6.45, 7) is 4.37. The molecule has 2 heterocycles. The zero-order valence-electron chi connectivity index (χ0n) is 15.5. The van der Waals surface area contributed by atoms with E-state index in [0.29, 0.717) is 28.1 Å². The highest BCUT2D eigenvalue weighted by Gasteiger charge is 2.38. The molecule has 3 rings (SSSR count). The minimum absolute atomic E-state index is 0.193. The molecule has 0 saturated carbocycles. The summed E-state index contributed by atoms with van der Waals surface area (Å²) in [4.78, 5) is 38.6. The second-order valence-corrected chi connectivity index (χ2v) is 7.30. The number of nitrogens with zero attached hydrogens (tertiary/aromatic N) is 1. The Labute approximate surface area is 183 Å². The highest BCUT2D eigenvalue weighted by Crippen LogP contribution is 2.35. The van der Waals surface area contributed by atoms with Gasteiger partial charge in [-0.1, -0.05) is 0 Å². The fraction of sp³-hybridized carbons (Fsp3) is 0.211. The molecule has 1 aromatic carbocycles. The van der Waals surface area contributed by atoms with E-state index in [1.54, 1.807) is 25.1 Å². The number of ether oxygens (including phenoxy) is 2. The molecule has 29 heavy (non-hydrogen) atoms. The van der Waals surface area contributed by atoms with Gasteiger partial charge in [0.2, 0.25) is 0 Å². The van der Waals surface area contributed by atoms with E-state index in [1.807, 2.05) is 6.92 Å². The smallest absolute Gasteiger partial charge is 0.336 e. The maximum absolute atomic E-state index is 13.0. The number of anilines is 1. The van der Waals surface area contributed by atoms with Crippen molar-refractivity contribution in [1.29, 1.82) is 0 Å². The molecule has 0 bridgehead atoms. The number of carbonyl (C=O) groups excluding carboxylic acids is 3. The van der Waals surface area contributed by atoms with E-state index in [2.05, 4.69) is 37.2 Å². The highest BCUT2D eigenvalue weighted by molar-refractivity contribution is 9.13. The standard InChI is InChI=1S/C19H16Br2N2O6/c1-3-27-10-5-6-14(15(9-10)28-4-2)23-18(25)12(17(24)22-19(23)26)7-11-8-13(20)16(21)29-11/h5-9H,3-4H2,1-2H3,(H,22,24,26)/b12-7+. The van der Waals surface area contributed by atoms with Crippen molar-refractivity contribution in [3.05, 3.63) is 44.7 Å². The highest BCUT2D eigenvalue weighted by atomic mass is 79.9. The number of benzene rings is 1. The molecule has 0 aliphatic carbocycles. The van der Waals surface area contributed by atoms with E-state index < -0.39 is 17.8 Å². The average molecular weight is 528 g/mol. The minimum atomic E-state index is -0.871. The van der Waals surface area contributed by atoms with Crippen LogP contribution in [-0.2, 0) is 9.59 Å². The van der Waals surface area contributed by atoms with E-state index >= 15 is 0 Å². The van der Waals surface area contributed by atoms with Gasteiger partial charge in [-0.05, 0) is 70.0 Å². The van der Waals surface area contributed by atoms with Crippen LogP contribution in [0.4, 0.5) is 10.5 Å². The Kier molecular flexibility index (Phi) is 6.43. The molecule has 1 saturated heterocycles. The van der Waals surface area contributed by atoms with Crippen molar-refractivity contribution in [3.8, 4) is 11.5 Å². The zero-order chi connectivity index (χ0) is 21.1. The van der Waals surface area contributed by atoms with Crippen molar-refractivity contribution in [2.75, 3.05) is 18.1 Å². The molecule has 10 heteroatoms. The van der Waals surface area contributed by atoms with Gasteiger partial charge in [0, 0.05) is 6.07 Å². The first-order chi connectivity index (χ1) is 13.8. The number of carbonyl (C=O) groups is 3. The number of halogens is 2. The summed E-state index contributed by atoms with van der Waals surface area (Å²) in [7, 11) is 0. The van der Waals surface area contributed by atoms with Crippen LogP contribution < -0.4 is 19.7 Å². The lowest BCUT2D eigenvalue weighted by Crippen LogP contribution is -2.54. The summed E-state index contributed by atoms with van der Waals surface area (Å²) in [6, 6.07) is 5.44. The van der Waals surface area contributed by atoms with E-state index in [4.69, 9.17) is 13.9 Å². The lowest BCUT2D eigenvalue weighted by Gasteiger charge is -2.27. The van der Waals surface area contributed by atoms with E-state index in [9.17, 15) is 14.4 Å². The first kappa shape index (κ1) is 21.1. The number of amides is 4. The minimum Gasteiger partial charge on any atom is -0.494 e. The van der Waals surface area contributed by atoms with Crippen LogP contribution in [0.5, 0.6) is 11.5 Å². The van der Waals surface area contributed by atoms with Crippen LogP contribution in [0.15, 0.2) is 43.4 Å². The number of nitrogens with one attached hydrogen (secondary N) is 1. The summed E-state index contributed by atoms with van der Waals surface area (Å²) in [6.07, 6.45) is 1.27. The monoisotopic (exact) mass is 526 g/mol. The van der Waals surface area contributed by atoms with Crippen molar-refractivity contribution >= 4 is 61.5 Å². The molecule has 1 fully saturated rings. The average Bonchev–Trinajstić information content (AvgIpc) is 2.98. The molecule has 0 radical (unpaired) electrons. The largest absolute Gasteiger partial charge is 0.494 e. The predicted octanol–water partition coefficient (Wildman–Crippen LogP) is 4.27. The Bertz CT molecular complexity index is 995. The lowest BCUT2D eigenvalue weighted by molar-refractivity contribution is -0.122.